The first-order valence-corrected chi connectivity index (χ1v) is 13.1. The summed E-state index contributed by atoms with van der Waals surface area (Å²) in [4.78, 5) is 37.4. The standard InChI is InChI=1S/C29H35N5O4/c1-5-38-26(36)18-25(35)30-23-11-9-10-22(17-23)28-21(4)27(29(37)32-33-14-7-6-8-15-33)31-34(28)24-13-12-19(2)16-20(24)3/h9-13,16-17H,5-8,14-15,18H2,1-4H3,(H,30,35)(H,32,37). The summed E-state index contributed by atoms with van der Waals surface area (Å²) in [6.45, 7) is 9.50. The molecule has 0 atom stereocenters. The van der Waals surface area contributed by atoms with Crippen LogP contribution in [0.1, 0.15) is 59.8 Å². The molecule has 3 aromatic rings. The number of aromatic nitrogens is 2. The first kappa shape index (κ1) is 27.1. The van der Waals surface area contributed by atoms with E-state index in [0.29, 0.717) is 11.4 Å². The number of hydrogen-bond acceptors (Lipinski definition) is 6. The van der Waals surface area contributed by atoms with Gasteiger partial charge >= 0.3 is 5.97 Å². The maximum absolute atomic E-state index is 13.3. The third kappa shape index (κ3) is 6.28. The molecule has 1 saturated heterocycles. The molecule has 9 nitrogen and oxygen atoms in total. The Hall–Kier alpha value is -3.98. The van der Waals surface area contributed by atoms with Crippen molar-refractivity contribution in [3.05, 3.63) is 64.8 Å². The summed E-state index contributed by atoms with van der Waals surface area (Å²) in [5.41, 5.74) is 9.19. The molecule has 2 aromatic carbocycles. The minimum atomic E-state index is -0.575. The number of ether oxygens (including phenoxy) is 1. The zero-order valence-corrected chi connectivity index (χ0v) is 22.5. The number of nitrogens with one attached hydrogen (secondary N) is 2. The van der Waals surface area contributed by atoms with Crippen LogP contribution in [0.5, 0.6) is 0 Å². The smallest absolute Gasteiger partial charge is 0.315 e. The Morgan fingerprint density at radius 3 is 2.47 bits per heavy atom. The van der Waals surface area contributed by atoms with Crippen LogP contribution in [0, 0.1) is 20.8 Å². The average Bonchev–Trinajstić information content (AvgIpc) is 3.21. The van der Waals surface area contributed by atoms with Gasteiger partial charge in [-0.3, -0.25) is 19.8 Å². The summed E-state index contributed by atoms with van der Waals surface area (Å²) in [6, 6.07) is 13.4. The lowest BCUT2D eigenvalue weighted by atomic mass is 10.0. The summed E-state index contributed by atoms with van der Waals surface area (Å²) < 4.78 is 6.67. The van der Waals surface area contributed by atoms with Gasteiger partial charge in [0.1, 0.15) is 6.42 Å². The highest BCUT2D eigenvalue weighted by atomic mass is 16.5. The maximum atomic E-state index is 13.3. The number of esters is 1. The van der Waals surface area contributed by atoms with Gasteiger partial charge in [-0.25, -0.2) is 9.69 Å². The van der Waals surface area contributed by atoms with E-state index in [1.54, 1.807) is 17.7 Å². The van der Waals surface area contributed by atoms with Gasteiger partial charge in [0.15, 0.2) is 5.69 Å². The van der Waals surface area contributed by atoms with E-state index >= 15 is 0 Å². The topological polar surface area (TPSA) is 106 Å². The molecule has 4 rings (SSSR count). The number of benzene rings is 2. The van der Waals surface area contributed by atoms with Crippen molar-refractivity contribution in [2.75, 3.05) is 25.0 Å². The zero-order chi connectivity index (χ0) is 27.2. The third-order valence-electron chi connectivity index (χ3n) is 6.56. The van der Waals surface area contributed by atoms with Crippen LogP contribution in [0.25, 0.3) is 16.9 Å². The van der Waals surface area contributed by atoms with Crippen molar-refractivity contribution in [1.82, 2.24) is 20.2 Å². The summed E-state index contributed by atoms with van der Waals surface area (Å²) in [6.07, 6.45) is 2.91. The Labute approximate surface area is 223 Å². The van der Waals surface area contributed by atoms with Gasteiger partial charge in [0.05, 0.1) is 18.0 Å². The van der Waals surface area contributed by atoms with Crippen LogP contribution in [0.2, 0.25) is 0 Å². The van der Waals surface area contributed by atoms with E-state index in [2.05, 4.69) is 16.8 Å². The molecule has 200 valence electrons. The predicted octanol–water partition coefficient (Wildman–Crippen LogP) is 4.49. The molecule has 1 aliphatic heterocycles. The van der Waals surface area contributed by atoms with Crippen molar-refractivity contribution in [2.24, 2.45) is 0 Å². The second-order valence-corrected chi connectivity index (χ2v) is 9.62. The van der Waals surface area contributed by atoms with Crippen molar-refractivity contribution >= 4 is 23.5 Å². The van der Waals surface area contributed by atoms with Gasteiger partial charge in [-0.1, -0.05) is 36.2 Å². The van der Waals surface area contributed by atoms with Gasteiger partial charge in [-0.2, -0.15) is 5.10 Å². The molecule has 2 N–H and O–H groups in total. The lowest BCUT2D eigenvalue weighted by Crippen LogP contribution is -2.45. The van der Waals surface area contributed by atoms with Gasteiger partial charge in [0.2, 0.25) is 5.91 Å². The van der Waals surface area contributed by atoms with E-state index in [1.165, 1.54) is 6.42 Å². The number of anilines is 1. The molecule has 0 bridgehead atoms. The number of rotatable bonds is 8. The molecule has 1 fully saturated rings. The van der Waals surface area contributed by atoms with Crippen LogP contribution in [0.3, 0.4) is 0 Å². The highest BCUT2D eigenvalue weighted by Crippen LogP contribution is 2.32. The fraction of sp³-hybridized carbons (Fsp3) is 0.379. The lowest BCUT2D eigenvalue weighted by Gasteiger charge is -2.26. The van der Waals surface area contributed by atoms with Gasteiger partial charge in [-0.15, -0.1) is 0 Å². The average molecular weight is 518 g/mol. The molecule has 0 aliphatic carbocycles. The van der Waals surface area contributed by atoms with Crippen molar-refractivity contribution in [2.45, 2.75) is 53.4 Å². The number of hydrogen-bond donors (Lipinski definition) is 2. The Bertz CT molecular complexity index is 1340. The van der Waals surface area contributed by atoms with E-state index in [-0.39, 0.29) is 18.9 Å². The number of carbonyl (C=O) groups excluding carboxylic acids is 3. The van der Waals surface area contributed by atoms with Crippen LogP contribution in [-0.2, 0) is 14.3 Å². The second kappa shape index (κ2) is 12.0. The SMILES string of the molecule is CCOC(=O)CC(=O)Nc1cccc(-c2c(C)c(C(=O)NN3CCCCC3)nn2-c2ccc(C)cc2C)c1. The molecule has 0 spiro atoms. The molecule has 0 radical (unpaired) electrons. The summed E-state index contributed by atoms with van der Waals surface area (Å²) in [7, 11) is 0. The van der Waals surface area contributed by atoms with E-state index < -0.39 is 11.9 Å². The fourth-order valence-corrected chi connectivity index (χ4v) is 4.76. The Morgan fingerprint density at radius 2 is 1.76 bits per heavy atom. The summed E-state index contributed by atoms with van der Waals surface area (Å²) >= 11 is 0. The van der Waals surface area contributed by atoms with Crippen molar-refractivity contribution in [1.29, 1.82) is 0 Å². The number of aryl methyl sites for hydroxylation is 2. The molecular weight excluding hydrogens is 482 g/mol. The van der Waals surface area contributed by atoms with Crippen molar-refractivity contribution in [3.8, 4) is 16.9 Å². The first-order valence-electron chi connectivity index (χ1n) is 13.1. The number of amides is 2. The molecular formula is C29H35N5O4. The molecule has 1 aliphatic rings. The van der Waals surface area contributed by atoms with Gasteiger partial charge in [0.25, 0.3) is 5.91 Å². The second-order valence-electron chi connectivity index (χ2n) is 9.62. The van der Waals surface area contributed by atoms with Gasteiger partial charge in [0, 0.05) is 29.9 Å². The molecule has 2 amide bonds. The zero-order valence-electron chi connectivity index (χ0n) is 22.5. The monoisotopic (exact) mass is 517 g/mol. The Balaban J connectivity index is 1.71. The summed E-state index contributed by atoms with van der Waals surface area (Å²) in [5, 5.41) is 9.52. The van der Waals surface area contributed by atoms with Crippen LogP contribution in [-0.4, -0.2) is 52.3 Å². The Morgan fingerprint density at radius 1 is 1.00 bits per heavy atom. The third-order valence-corrected chi connectivity index (χ3v) is 6.56. The van der Waals surface area contributed by atoms with Crippen molar-refractivity contribution in [3.63, 3.8) is 0 Å². The van der Waals surface area contributed by atoms with Crippen LogP contribution >= 0.6 is 0 Å². The first-order chi connectivity index (χ1) is 18.3. The van der Waals surface area contributed by atoms with Crippen LogP contribution in [0.15, 0.2) is 42.5 Å². The molecule has 1 aromatic heterocycles. The van der Waals surface area contributed by atoms with Crippen LogP contribution in [0.4, 0.5) is 5.69 Å². The largest absolute Gasteiger partial charge is 0.466 e. The number of carbonyl (C=O) groups is 3. The fourth-order valence-electron chi connectivity index (χ4n) is 4.76. The van der Waals surface area contributed by atoms with E-state index in [4.69, 9.17) is 9.84 Å². The lowest BCUT2D eigenvalue weighted by molar-refractivity contribution is -0.145. The van der Waals surface area contributed by atoms with Gasteiger partial charge < -0.3 is 10.1 Å². The molecule has 0 saturated carbocycles. The molecule has 2 heterocycles. The molecule has 0 unspecified atom stereocenters. The van der Waals surface area contributed by atoms with Gasteiger partial charge in [-0.05, 0) is 64.3 Å². The van der Waals surface area contributed by atoms with Crippen molar-refractivity contribution < 1.29 is 19.1 Å². The molecule has 38 heavy (non-hydrogen) atoms. The van der Waals surface area contributed by atoms with Crippen LogP contribution < -0.4 is 10.7 Å². The van der Waals surface area contributed by atoms with E-state index in [1.807, 2.05) is 56.1 Å². The Kier molecular flexibility index (Phi) is 8.58. The highest BCUT2D eigenvalue weighted by molar-refractivity contribution is 6.02. The van der Waals surface area contributed by atoms with E-state index in [0.717, 1.165) is 59.6 Å². The quantitative estimate of drug-likeness (QED) is 0.337. The number of nitrogens with zero attached hydrogens (tertiary/aromatic N) is 3. The predicted molar refractivity (Wildman–Crippen MR) is 146 cm³/mol. The van der Waals surface area contributed by atoms with E-state index in [9.17, 15) is 14.4 Å². The highest BCUT2D eigenvalue weighted by Gasteiger charge is 2.25. The molecule has 9 heteroatoms. The maximum Gasteiger partial charge on any atom is 0.315 e. The summed E-state index contributed by atoms with van der Waals surface area (Å²) in [5.74, 6) is -1.27. The number of hydrazine groups is 1. The number of piperidine rings is 1. The minimum Gasteiger partial charge on any atom is -0.466 e. The minimum absolute atomic E-state index is 0.219. The normalized spacial score (nSPS) is 13.7.